The van der Waals surface area contributed by atoms with Crippen LogP contribution in [0.3, 0.4) is 0 Å². The van der Waals surface area contributed by atoms with Gasteiger partial charge >= 0.3 is 5.97 Å². The Bertz CT molecular complexity index is 922. The lowest BCUT2D eigenvalue weighted by atomic mass is 10.1. The third kappa shape index (κ3) is 7.31. The van der Waals surface area contributed by atoms with E-state index in [2.05, 4.69) is 24.9 Å². The van der Waals surface area contributed by atoms with Crippen LogP contribution in [0.1, 0.15) is 33.7 Å². The summed E-state index contributed by atoms with van der Waals surface area (Å²) in [7, 11) is 1.33. The van der Waals surface area contributed by atoms with Crippen LogP contribution in [-0.4, -0.2) is 40.4 Å². The maximum absolute atomic E-state index is 12.2. The van der Waals surface area contributed by atoms with Gasteiger partial charge in [0.05, 0.1) is 24.9 Å². The van der Waals surface area contributed by atoms with Crippen molar-refractivity contribution >= 4 is 11.9 Å². The van der Waals surface area contributed by atoms with E-state index in [1.54, 1.807) is 24.5 Å². The van der Waals surface area contributed by atoms with Crippen molar-refractivity contribution in [2.24, 2.45) is 0 Å². The molecule has 1 aromatic carbocycles. The fraction of sp³-hybridized carbons (Fsp3) is 0.250. The maximum atomic E-state index is 12.2. The van der Waals surface area contributed by atoms with E-state index in [9.17, 15) is 9.59 Å². The number of esters is 1. The minimum absolute atomic E-state index is 0.149. The number of ether oxygens (including phenoxy) is 1. The summed E-state index contributed by atoms with van der Waals surface area (Å²) in [6.45, 7) is 2.31. The molecule has 1 amide bonds. The number of aromatic nitrogens is 2. The van der Waals surface area contributed by atoms with Crippen molar-refractivity contribution in [3.63, 3.8) is 0 Å². The molecule has 3 rings (SSSR count). The van der Waals surface area contributed by atoms with Crippen LogP contribution in [0, 0.1) is 0 Å². The molecule has 0 unspecified atom stereocenters. The number of carbonyl (C=O) groups excluding carboxylic acids is 2. The van der Waals surface area contributed by atoms with Crippen molar-refractivity contribution in [3.05, 3.63) is 95.6 Å². The lowest BCUT2D eigenvalue weighted by Crippen LogP contribution is -2.26. The second-order valence-electron chi connectivity index (χ2n) is 7.07. The van der Waals surface area contributed by atoms with Gasteiger partial charge < -0.3 is 10.1 Å². The van der Waals surface area contributed by atoms with Gasteiger partial charge in [0.2, 0.25) is 0 Å². The molecule has 160 valence electrons. The second-order valence-corrected chi connectivity index (χ2v) is 7.07. The number of rotatable bonds is 10. The summed E-state index contributed by atoms with van der Waals surface area (Å²) in [5.74, 6) is -0.564. The summed E-state index contributed by atoms with van der Waals surface area (Å²) < 4.78 is 4.57. The lowest BCUT2D eigenvalue weighted by Gasteiger charge is -2.22. The number of amides is 1. The molecule has 0 aliphatic heterocycles. The molecule has 0 saturated heterocycles. The first-order valence-electron chi connectivity index (χ1n) is 10.1. The molecule has 2 heterocycles. The lowest BCUT2D eigenvalue weighted by molar-refractivity contribution is -0.140. The molecular formula is C24H26N4O3. The Morgan fingerprint density at radius 2 is 1.48 bits per heavy atom. The maximum Gasteiger partial charge on any atom is 0.307 e. The van der Waals surface area contributed by atoms with Crippen molar-refractivity contribution in [1.82, 2.24) is 20.2 Å². The minimum atomic E-state index is -0.350. The van der Waals surface area contributed by atoms with Gasteiger partial charge in [0, 0.05) is 44.1 Å². The highest BCUT2D eigenvalue weighted by Crippen LogP contribution is 2.13. The van der Waals surface area contributed by atoms with E-state index in [4.69, 9.17) is 0 Å². The Labute approximate surface area is 182 Å². The Balaban J connectivity index is 1.63. The van der Waals surface area contributed by atoms with Gasteiger partial charge in [-0.25, -0.2) is 0 Å². The molecule has 7 nitrogen and oxygen atoms in total. The standard InChI is InChI=1S/C24H26N4O3/c1-31-23(29)12-15-27-24(30)20-10-8-19(9-11-20)16-28(17-21-6-2-4-13-25-21)18-22-7-3-5-14-26-22/h2-11,13-14H,12,15-18H2,1H3,(H,27,30). The summed E-state index contributed by atoms with van der Waals surface area (Å²) >= 11 is 0. The van der Waals surface area contributed by atoms with E-state index in [0.29, 0.717) is 25.2 Å². The van der Waals surface area contributed by atoms with Gasteiger partial charge in [-0.05, 0) is 42.0 Å². The Morgan fingerprint density at radius 3 is 2.00 bits per heavy atom. The highest BCUT2D eigenvalue weighted by atomic mass is 16.5. The molecule has 0 spiro atoms. The molecule has 2 aromatic heterocycles. The van der Waals surface area contributed by atoms with Crippen molar-refractivity contribution in [1.29, 1.82) is 0 Å². The molecule has 7 heteroatoms. The van der Waals surface area contributed by atoms with Crippen LogP contribution in [0.4, 0.5) is 0 Å². The van der Waals surface area contributed by atoms with Crippen LogP contribution in [0.5, 0.6) is 0 Å². The first-order valence-corrected chi connectivity index (χ1v) is 10.1. The first-order chi connectivity index (χ1) is 15.1. The number of methoxy groups -OCH3 is 1. The van der Waals surface area contributed by atoms with Gasteiger partial charge in [0.25, 0.3) is 5.91 Å². The zero-order chi connectivity index (χ0) is 21.9. The summed E-state index contributed by atoms with van der Waals surface area (Å²) in [6, 6.07) is 19.3. The van der Waals surface area contributed by atoms with Crippen molar-refractivity contribution in [2.75, 3.05) is 13.7 Å². The number of carbonyl (C=O) groups is 2. The number of nitrogens with one attached hydrogen (secondary N) is 1. The highest BCUT2D eigenvalue weighted by Gasteiger charge is 2.11. The molecule has 0 aliphatic carbocycles. The molecule has 1 N–H and O–H groups in total. The Morgan fingerprint density at radius 1 is 0.871 bits per heavy atom. The predicted molar refractivity (Wildman–Crippen MR) is 117 cm³/mol. The summed E-state index contributed by atoms with van der Waals surface area (Å²) in [6.07, 6.45) is 3.74. The monoisotopic (exact) mass is 418 g/mol. The second kappa shape index (κ2) is 11.6. The fourth-order valence-corrected chi connectivity index (χ4v) is 3.11. The van der Waals surface area contributed by atoms with E-state index in [0.717, 1.165) is 17.0 Å². The molecule has 3 aromatic rings. The van der Waals surface area contributed by atoms with Crippen molar-refractivity contribution < 1.29 is 14.3 Å². The van der Waals surface area contributed by atoms with Gasteiger partial charge in [0.1, 0.15) is 0 Å². The summed E-state index contributed by atoms with van der Waals surface area (Å²) in [5.41, 5.74) is 3.60. The number of hydrogen-bond acceptors (Lipinski definition) is 6. The highest BCUT2D eigenvalue weighted by molar-refractivity contribution is 5.94. The predicted octanol–water partition coefficient (Wildman–Crippen LogP) is 2.97. The zero-order valence-electron chi connectivity index (χ0n) is 17.5. The smallest absolute Gasteiger partial charge is 0.307 e. The Hall–Kier alpha value is -3.58. The quantitative estimate of drug-likeness (QED) is 0.510. The van der Waals surface area contributed by atoms with Gasteiger partial charge in [-0.1, -0.05) is 24.3 Å². The average molecular weight is 418 g/mol. The van der Waals surface area contributed by atoms with Crippen LogP contribution in [0.25, 0.3) is 0 Å². The number of benzene rings is 1. The fourth-order valence-electron chi connectivity index (χ4n) is 3.11. The van der Waals surface area contributed by atoms with E-state index in [1.165, 1.54) is 7.11 Å². The van der Waals surface area contributed by atoms with E-state index in [1.807, 2.05) is 48.5 Å². The van der Waals surface area contributed by atoms with Crippen LogP contribution < -0.4 is 5.32 Å². The molecule has 31 heavy (non-hydrogen) atoms. The van der Waals surface area contributed by atoms with Crippen LogP contribution in [0.15, 0.2) is 73.1 Å². The molecular weight excluding hydrogens is 392 g/mol. The minimum Gasteiger partial charge on any atom is -0.469 e. The van der Waals surface area contributed by atoms with Gasteiger partial charge in [0.15, 0.2) is 0 Å². The van der Waals surface area contributed by atoms with E-state index < -0.39 is 0 Å². The first kappa shape index (κ1) is 22.1. The zero-order valence-corrected chi connectivity index (χ0v) is 17.5. The molecule has 0 fully saturated rings. The molecule has 0 bridgehead atoms. The largest absolute Gasteiger partial charge is 0.469 e. The molecule has 0 atom stereocenters. The topological polar surface area (TPSA) is 84.4 Å². The summed E-state index contributed by atoms with van der Waals surface area (Å²) in [4.78, 5) is 34.5. The van der Waals surface area contributed by atoms with E-state index >= 15 is 0 Å². The van der Waals surface area contributed by atoms with Crippen LogP contribution >= 0.6 is 0 Å². The molecule has 0 aliphatic rings. The third-order valence-electron chi connectivity index (χ3n) is 4.69. The van der Waals surface area contributed by atoms with Gasteiger partial charge in [-0.2, -0.15) is 0 Å². The number of pyridine rings is 2. The SMILES string of the molecule is COC(=O)CCNC(=O)c1ccc(CN(Cc2ccccn2)Cc2ccccn2)cc1. The Kier molecular flexibility index (Phi) is 8.25. The normalized spacial score (nSPS) is 10.6. The molecule has 0 saturated carbocycles. The number of hydrogen-bond donors (Lipinski definition) is 1. The van der Waals surface area contributed by atoms with Crippen molar-refractivity contribution in [2.45, 2.75) is 26.1 Å². The summed E-state index contributed by atoms with van der Waals surface area (Å²) in [5, 5.41) is 2.72. The third-order valence-corrected chi connectivity index (χ3v) is 4.69. The number of nitrogens with zero attached hydrogens (tertiary/aromatic N) is 3. The van der Waals surface area contributed by atoms with Gasteiger partial charge in [-0.15, -0.1) is 0 Å². The van der Waals surface area contributed by atoms with Crippen LogP contribution in [-0.2, 0) is 29.2 Å². The average Bonchev–Trinajstić information content (AvgIpc) is 2.80. The van der Waals surface area contributed by atoms with E-state index in [-0.39, 0.29) is 24.8 Å². The van der Waals surface area contributed by atoms with Gasteiger partial charge in [-0.3, -0.25) is 24.5 Å². The van der Waals surface area contributed by atoms with Crippen LogP contribution in [0.2, 0.25) is 0 Å². The van der Waals surface area contributed by atoms with Crippen molar-refractivity contribution in [3.8, 4) is 0 Å². The molecule has 0 radical (unpaired) electrons.